The maximum Gasteiger partial charge on any atom is 0.305 e. The quantitative estimate of drug-likeness (QED) is 0.0417. The summed E-state index contributed by atoms with van der Waals surface area (Å²) >= 11 is 0. The van der Waals surface area contributed by atoms with Crippen LogP contribution in [0.25, 0.3) is 0 Å². The molecule has 0 radical (unpaired) electrons. The van der Waals surface area contributed by atoms with Gasteiger partial charge in [0.05, 0.1) is 25.4 Å². The Morgan fingerprint density at radius 2 is 0.641 bits per heavy atom. The summed E-state index contributed by atoms with van der Waals surface area (Å²) in [5.41, 5.74) is 0. The van der Waals surface area contributed by atoms with Gasteiger partial charge in [-0.15, -0.1) is 0 Å². The summed E-state index contributed by atoms with van der Waals surface area (Å²) in [4.78, 5) is 24.6. The molecule has 0 aromatic carbocycles. The number of nitrogens with one attached hydrogen (secondary N) is 1. The molecule has 1 amide bonds. The molecular formula is C58H115NO5. The smallest absolute Gasteiger partial charge is 0.305 e. The summed E-state index contributed by atoms with van der Waals surface area (Å²) in [7, 11) is 0. The average Bonchev–Trinajstić information content (AvgIpc) is 3.29. The molecule has 0 spiro atoms. The molecule has 2 unspecified atom stereocenters. The fourth-order valence-electron chi connectivity index (χ4n) is 9.41. The third-order valence-electron chi connectivity index (χ3n) is 13.9. The van der Waals surface area contributed by atoms with Crippen molar-refractivity contribution in [2.75, 3.05) is 13.2 Å². The molecule has 2 atom stereocenters. The summed E-state index contributed by atoms with van der Waals surface area (Å²) in [6.45, 7) is 4.95. The molecule has 0 heterocycles. The molecule has 0 saturated heterocycles. The van der Waals surface area contributed by atoms with Crippen molar-refractivity contribution in [3.05, 3.63) is 0 Å². The van der Waals surface area contributed by atoms with Crippen molar-refractivity contribution in [3.63, 3.8) is 0 Å². The van der Waals surface area contributed by atoms with E-state index < -0.39 is 12.1 Å². The monoisotopic (exact) mass is 906 g/mol. The van der Waals surface area contributed by atoms with Crippen molar-refractivity contribution in [2.24, 2.45) is 0 Å². The highest BCUT2D eigenvalue weighted by Crippen LogP contribution is 2.18. The summed E-state index contributed by atoms with van der Waals surface area (Å²) in [5, 5.41) is 23.3. The lowest BCUT2D eigenvalue weighted by Crippen LogP contribution is -2.45. The molecule has 0 saturated carbocycles. The Morgan fingerprint density at radius 1 is 0.375 bits per heavy atom. The minimum Gasteiger partial charge on any atom is -0.466 e. The van der Waals surface area contributed by atoms with E-state index in [2.05, 4.69) is 19.2 Å². The minimum absolute atomic E-state index is 0.00328. The lowest BCUT2D eigenvalue weighted by Gasteiger charge is -2.22. The molecule has 382 valence electrons. The number of carbonyl (C=O) groups is 2. The maximum absolute atomic E-state index is 12.5. The van der Waals surface area contributed by atoms with Gasteiger partial charge >= 0.3 is 5.97 Å². The zero-order valence-electron chi connectivity index (χ0n) is 43.5. The van der Waals surface area contributed by atoms with Gasteiger partial charge in [-0.05, 0) is 25.7 Å². The average molecular weight is 907 g/mol. The first-order valence-electron chi connectivity index (χ1n) is 29.3. The Balaban J connectivity index is 3.41. The number of aliphatic hydroxyl groups is 2. The summed E-state index contributed by atoms with van der Waals surface area (Å²) in [5.74, 6) is -0.0503. The van der Waals surface area contributed by atoms with Crippen LogP contribution in [0.1, 0.15) is 335 Å². The first-order valence-corrected chi connectivity index (χ1v) is 29.3. The van der Waals surface area contributed by atoms with E-state index in [1.165, 1.54) is 244 Å². The molecule has 6 nitrogen and oxygen atoms in total. The Labute approximate surface area is 400 Å². The van der Waals surface area contributed by atoms with Gasteiger partial charge < -0.3 is 20.3 Å². The van der Waals surface area contributed by atoms with Gasteiger partial charge in [0.1, 0.15) is 0 Å². The molecule has 6 heteroatoms. The fraction of sp³-hybridized carbons (Fsp3) is 0.966. The van der Waals surface area contributed by atoms with E-state index in [-0.39, 0.29) is 18.5 Å². The highest BCUT2D eigenvalue weighted by Gasteiger charge is 2.20. The summed E-state index contributed by atoms with van der Waals surface area (Å²) < 4.78 is 5.49. The van der Waals surface area contributed by atoms with Crippen molar-refractivity contribution in [1.82, 2.24) is 5.32 Å². The van der Waals surface area contributed by atoms with Gasteiger partial charge in [0.25, 0.3) is 0 Å². The molecule has 0 aromatic heterocycles. The number of unbranched alkanes of at least 4 members (excludes halogenated alkanes) is 44. The zero-order valence-corrected chi connectivity index (χ0v) is 43.5. The van der Waals surface area contributed by atoms with Crippen LogP contribution in [-0.2, 0) is 14.3 Å². The lowest BCUT2D eigenvalue weighted by atomic mass is 10.0. The van der Waals surface area contributed by atoms with Crippen molar-refractivity contribution in [3.8, 4) is 0 Å². The third-order valence-corrected chi connectivity index (χ3v) is 13.9. The molecule has 64 heavy (non-hydrogen) atoms. The molecule has 0 bridgehead atoms. The Morgan fingerprint density at radius 3 is 0.953 bits per heavy atom. The van der Waals surface area contributed by atoms with Gasteiger partial charge in [-0.3, -0.25) is 9.59 Å². The number of carbonyl (C=O) groups excluding carboxylic acids is 2. The molecule has 0 aliphatic heterocycles. The van der Waals surface area contributed by atoms with Gasteiger partial charge in [0, 0.05) is 12.8 Å². The van der Waals surface area contributed by atoms with E-state index in [0.29, 0.717) is 25.9 Å². The Bertz CT molecular complexity index is 913. The Hall–Kier alpha value is -1.14. The number of esters is 1. The summed E-state index contributed by atoms with van der Waals surface area (Å²) in [6, 6.07) is -0.551. The molecule has 3 N–H and O–H groups in total. The third kappa shape index (κ3) is 50.3. The minimum atomic E-state index is -0.673. The Kier molecular flexibility index (Phi) is 53.5. The predicted molar refractivity (Wildman–Crippen MR) is 278 cm³/mol. The topological polar surface area (TPSA) is 95.9 Å². The van der Waals surface area contributed by atoms with Crippen molar-refractivity contribution >= 4 is 11.9 Å². The second-order valence-corrected chi connectivity index (χ2v) is 20.3. The number of hydrogen-bond donors (Lipinski definition) is 3. The number of aliphatic hydroxyl groups excluding tert-OH is 2. The van der Waals surface area contributed by atoms with Crippen LogP contribution in [0, 0.1) is 0 Å². The highest BCUT2D eigenvalue weighted by molar-refractivity contribution is 5.76. The second-order valence-electron chi connectivity index (χ2n) is 20.3. The van der Waals surface area contributed by atoms with Crippen LogP contribution in [0.5, 0.6) is 0 Å². The number of ether oxygens (including phenoxy) is 1. The van der Waals surface area contributed by atoms with Crippen LogP contribution >= 0.6 is 0 Å². The largest absolute Gasteiger partial charge is 0.466 e. The van der Waals surface area contributed by atoms with Crippen LogP contribution in [0.2, 0.25) is 0 Å². The SMILES string of the molecule is CCCCCCCCCCCCCCCCCCCCCC(=O)OCCCCCCCCCCCCCCC(=O)NC(CO)C(O)CCCCCCCCCCCCCCCCCC. The highest BCUT2D eigenvalue weighted by atomic mass is 16.5. The number of rotatable bonds is 55. The second kappa shape index (κ2) is 54.5. The predicted octanol–water partition coefficient (Wildman–Crippen LogP) is 17.9. The first kappa shape index (κ1) is 62.9. The maximum atomic E-state index is 12.5. The molecular weight excluding hydrogens is 791 g/mol. The van der Waals surface area contributed by atoms with Crippen molar-refractivity contribution < 1.29 is 24.5 Å². The van der Waals surface area contributed by atoms with Crippen LogP contribution in [0.4, 0.5) is 0 Å². The number of amides is 1. The van der Waals surface area contributed by atoms with Crippen molar-refractivity contribution in [1.29, 1.82) is 0 Å². The van der Waals surface area contributed by atoms with Crippen LogP contribution in [0.15, 0.2) is 0 Å². The van der Waals surface area contributed by atoms with Gasteiger partial charge in [0.15, 0.2) is 0 Å². The molecule has 0 aliphatic rings. The van der Waals surface area contributed by atoms with Crippen LogP contribution in [-0.4, -0.2) is 47.4 Å². The fourth-order valence-corrected chi connectivity index (χ4v) is 9.41. The first-order chi connectivity index (χ1) is 31.5. The zero-order chi connectivity index (χ0) is 46.5. The lowest BCUT2D eigenvalue weighted by molar-refractivity contribution is -0.143. The molecule has 0 rings (SSSR count). The van der Waals surface area contributed by atoms with Gasteiger partial charge in [-0.1, -0.05) is 296 Å². The van der Waals surface area contributed by atoms with E-state index in [4.69, 9.17) is 4.74 Å². The standard InChI is InChI=1S/C58H115NO5/c1-3-5-7-9-11-13-15-17-19-21-22-23-25-27-32-36-40-44-48-52-58(63)64-53-49-45-41-37-33-29-28-31-35-39-43-47-51-57(62)59-55(54-60)56(61)50-46-42-38-34-30-26-24-20-18-16-14-12-10-8-6-4-2/h55-56,60-61H,3-54H2,1-2H3,(H,59,62). The van der Waals surface area contributed by atoms with E-state index in [0.717, 1.165) is 57.8 Å². The summed E-state index contributed by atoms with van der Waals surface area (Å²) in [6.07, 6.45) is 62.3. The van der Waals surface area contributed by atoms with Crippen LogP contribution in [0.3, 0.4) is 0 Å². The van der Waals surface area contributed by atoms with E-state index in [1.807, 2.05) is 0 Å². The van der Waals surface area contributed by atoms with Crippen LogP contribution < -0.4 is 5.32 Å². The molecule has 0 aromatic rings. The van der Waals surface area contributed by atoms with Gasteiger partial charge in [-0.2, -0.15) is 0 Å². The number of hydrogen-bond acceptors (Lipinski definition) is 5. The van der Waals surface area contributed by atoms with E-state index in [9.17, 15) is 19.8 Å². The van der Waals surface area contributed by atoms with Gasteiger partial charge in [-0.25, -0.2) is 0 Å². The normalized spacial score (nSPS) is 12.5. The molecule has 0 fully saturated rings. The van der Waals surface area contributed by atoms with E-state index >= 15 is 0 Å². The molecule has 0 aliphatic carbocycles. The van der Waals surface area contributed by atoms with Crippen molar-refractivity contribution in [2.45, 2.75) is 347 Å². The van der Waals surface area contributed by atoms with Gasteiger partial charge in [0.2, 0.25) is 5.91 Å². The van der Waals surface area contributed by atoms with E-state index in [1.54, 1.807) is 0 Å².